The largest absolute Gasteiger partial charge is 0.284 e. The highest BCUT2D eigenvalue weighted by Gasteiger charge is 2.21. The van der Waals surface area contributed by atoms with E-state index in [2.05, 4.69) is 48.0 Å². The third-order valence-corrected chi connectivity index (χ3v) is 6.10. The second-order valence-corrected chi connectivity index (χ2v) is 9.60. The van der Waals surface area contributed by atoms with Gasteiger partial charge in [0.1, 0.15) is 0 Å². The van der Waals surface area contributed by atoms with Crippen LogP contribution in [-0.4, -0.2) is 14.7 Å². The van der Waals surface area contributed by atoms with Gasteiger partial charge in [-0.15, -0.1) is 0 Å². The summed E-state index contributed by atoms with van der Waals surface area (Å²) in [5, 5.41) is 0.742. The molecule has 3 aromatic carbocycles. The predicted molar refractivity (Wildman–Crippen MR) is 122 cm³/mol. The molecule has 0 radical (unpaired) electrons. The summed E-state index contributed by atoms with van der Waals surface area (Å²) in [6, 6.07) is 22.1. The SMILES string of the molecule is CC(=C1c2ccccc2CCc2cc(Cl)ccc21)c1cccc(NS(C)(=O)=O)c1. The molecule has 0 aliphatic heterocycles. The third kappa shape index (κ3) is 4.24. The second-order valence-electron chi connectivity index (χ2n) is 7.41. The number of allylic oxidation sites excluding steroid dienone is 1. The first-order valence-corrected chi connectivity index (χ1v) is 11.7. The molecule has 0 saturated heterocycles. The van der Waals surface area contributed by atoms with Gasteiger partial charge in [0.2, 0.25) is 10.0 Å². The molecular weight excluding hydrogens is 402 g/mol. The lowest BCUT2D eigenvalue weighted by molar-refractivity contribution is 0.607. The van der Waals surface area contributed by atoms with Gasteiger partial charge in [0.15, 0.2) is 0 Å². The smallest absolute Gasteiger partial charge is 0.229 e. The minimum absolute atomic E-state index is 0.559. The lowest BCUT2D eigenvalue weighted by atomic mass is 9.88. The average Bonchev–Trinajstić information content (AvgIpc) is 2.83. The number of hydrogen-bond acceptors (Lipinski definition) is 2. The number of hydrogen-bond donors (Lipinski definition) is 1. The third-order valence-electron chi connectivity index (χ3n) is 5.26. The van der Waals surface area contributed by atoms with Crippen LogP contribution in [0.3, 0.4) is 0 Å². The van der Waals surface area contributed by atoms with Crippen molar-refractivity contribution in [1.82, 2.24) is 0 Å². The maximum absolute atomic E-state index is 11.7. The predicted octanol–water partition coefficient (Wildman–Crippen LogP) is 5.79. The van der Waals surface area contributed by atoms with Crippen molar-refractivity contribution in [2.24, 2.45) is 0 Å². The summed E-state index contributed by atoms with van der Waals surface area (Å²) in [4.78, 5) is 0. The van der Waals surface area contributed by atoms with Crippen LogP contribution in [0.1, 0.15) is 34.7 Å². The van der Waals surface area contributed by atoms with Crippen LogP contribution in [0.2, 0.25) is 5.02 Å². The Morgan fingerprint density at radius 1 is 0.897 bits per heavy atom. The van der Waals surface area contributed by atoms with Crippen LogP contribution in [-0.2, 0) is 22.9 Å². The van der Waals surface area contributed by atoms with Gasteiger partial charge < -0.3 is 0 Å². The van der Waals surface area contributed by atoms with Crippen LogP contribution in [0.5, 0.6) is 0 Å². The number of fused-ring (bicyclic) bond motifs is 2. The van der Waals surface area contributed by atoms with Crippen LogP contribution in [0.4, 0.5) is 5.69 Å². The molecule has 148 valence electrons. The highest BCUT2D eigenvalue weighted by molar-refractivity contribution is 7.92. The van der Waals surface area contributed by atoms with Crippen LogP contribution in [0.15, 0.2) is 66.7 Å². The molecule has 0 fully saturated rings. The Balaban J connectivity index is 1.95. The summed E-state index contributed by atoms with van der Waals surface area (Å²) in [5.41, 5.74) is 8.73. The van der Waals surface area contributed by atoms with Crippen molar-refractivity contribution in [3.8, 4) is 0 Å². The fourth-order valence-electron chi connectivity index (χ4n) is 3.99. The van der Waals surface area contributed by atoms with Gasteiger partial charge in [0, 0.05) is 10.7 Å². The van der Waals surface area contributed by atoms with E-state index in [0.717, 1.165) is 35.3 Å². The molecule has 0 amide bonds. The van der Waals surface area contributed by atoms with Crippen molar-refractivity contribution in [3.63, 3.8) is 0 Å². The van der Waals surface area contributed by atoms with E-state index in [1.165, 1.54) is 27.8 Å². The monoisotopic (exact) mass is 423 g/mol. The number of nitrogens with one attached hydrogen (secondary N) is 1. The Morgan fingerprint density at radius 2 is 1.62 bits per heavy atom. The Morgan fingerprint density at radius 3 is 2.41 bits per heavy atom. The molecule has 0 bridgehead atoms. The van der Waals surface area contributed by atoms with Crippen molar-refractivity contribution < 1.29 is 8.42 Å². The van der Waals surface area contributed by atoms with Crippen LogP contribution < -0.4 is 4.72 Å². The maximum Gasteiger partial charge on any atom is 0.229 e. The van der Waals surface area contributed by atoms with Crippen molar-refractivity contribution in [3.05, 3.63) is 99.6 Å². The number of benzene rings is 3. The van der Waals surface area contributed by atoms with Gasteiger partial charge in [0.05, 0.1) is 6.26 Å². The number of aryl methyl sites for hydroxylation is 2. The van der Waals surface area contributed by atoms with Gasteiger partial charge in [-0.05, 0) is 83.0 Å². The zero-order valence-electron chi connectivity index (χ0n) is 16.4. The topological polar surface area (TPSA) is 46.2 Å². The zero-order chi connectivity index (χ0) is 20.6. The molecule has 3 nitrogen and oxygen atoms in total. The first-order chi connectivity index (χ1) is 13.8. The van der Waals surface area contributed by atoms with E-state index in [1.54, 1.807) is 6.07 Å². The van der Waals surface area contributed by atoms with Crippen LogP contribution in [0, 0.1) is 0 Å². The first-order valence-electron chi connectivity index (χ1n) is 9.48. The normalized spacial score (nSPS) is 15.1. The standard InChI is InChI=1S/C24H22ClNO2S/c1-16(18-7-5-8-21(15-18)26-29(2,27)28)24-22-9-4-3-6-17(22)10-11-19-14-20(25)12-13-23(19)24/h3-9,12-15,26H,10-11H2,1-2H3. The van der Waals surface area contributed by atoms with Gasteiger partial charge in [-0.25, -0.2) is 8.42 Å². The summed E-state index contributed by atoms with van der Waals surface area (Å²) >= 11 is 6.29. The number of halogens is 1. The lowest BCUT2D eigenvalue weighted by Crippen LogP contribution is -2.09. The molecule has 0 aromatic heterocycles. The van der Waals surface area contributed by atoms with E-state index in [-0.39, 0.29) is 0 Å². The molecule has 0 heterocycles. The van der Waals surface area contributed by atoms with E-state index < -0.39 is 10.0 Å². The molecule has 1 N–H and O–H groups in total. The van der Waals surface area contributed by atoms with Crippen molar-refractivity contribution in [2.45, 2.75) is 19.8 Å². The highest BCUT2D eigenvalue weighted by Crippen LogP contribution is 2.39. The molecule has 0 spiro atoms. The maximum atomic E-state index is 11.7. The average molecular weight is 424 g/mol. The number of sulfonamides is 1. The summed E-state index contributed by atoms with van der Waals surface area (Å²) in [6.45, 7) is 2.09. The van der Waals surface area contributed by atoms with Gasteiger partial charge in [0.25, 0.3) is 0 Å². The fourth-order valence-corrected chi connectivity index (χ4v) is 4.74. The van der Waals surface area contributed by atoms with E-state index in [9.17, 15) is 8.42 Å². The van der Waals surface area contributed by atoms with Gasteiger partial charge >= 0.3 is 0 Å². The van der Waals surface area contributed by atoms with E-state index in [0.29, 0.717) is 5.69 Å². The Hall–Kier alpha value is -2.56. The van der Waals surface area contributed by atoms with E-state index >= 15 is 0 Å². The molecule has 0 unspecified atom stereocenters. The molecular formula is C24H22ClNO2S. The second kappa shape index (κ2) is 7.69. The summed E-state index contributed by atoms with van der Waals surface area (Å²) < 4.78 is 25.9. The van der Waals surface area contributed by atoms with Crippen molar-refractivity contribution in [1.29, 1.82) is 0 Å². The molecule has 4 rings (SSSR count). The van der Waals surface area contributed by atoms with Crippen LogP contribution in [0.25, 0.3) is 11.1 Å². The molecule has 0 saturated carbocycles. The molecule has 29 heavy (non-hydrogen) atoms. The van der Waals surface area contributed by atoms with Gasteiger partial charge in [-0.1, -0.05) is 54.1 Å². The zero-order valence-corrected chi connectivity index (χ0v) is 17.9. The van der Waals surface area contributed by atoms with Crippen molar-refractivity contribution >= 4 is 38.5 Å². The molecule has 1 aliphatic rings. The van der Waals surface area contributed by atoms with E-state index in [4.69, 9.17) is 11.6 Å². The van der Waals surface area contributed by atoms with Gasteiger partial charge in [-0.2, -0.15) is 0 Å². The molecule has 1 aliphatic carbocycles. The van der Waals surface area contributed by atoms with E-state index in [1.807, 2.05) is 24.3 Å². The quantitative estimate of drug-likeness (QED) is 0.579. The summed E-state index contributed by atoms with van der Waals surface area (Å²) in [6.07, 6.45) is 3.04. The molecule has 0 atom stereocenters. The van der Waals surface area contributed by atoms with Gasteiger partial charge in [-0.3, -0.25) is 4.72 Å². The number of anilines is 1. The summed E-state index contributed by atoms with van der Waals surface area (Å²) in [7, 11) is -3.33. The molecule has 3 aromatic rings. The van der Waals surface area contributed by atoms with Crippen LogP contribution >= 0.6 is 11.6 Å². The Kier molecular flexibility index (Phi) is 5.24. The highest BCUT2D eigenvalue weighted by atomic mass is 35.5. The minimum Gasteiger partial charge on any atom is -0.284 e. The Labute approximate surface area is 177 Å². The first kappa shape index (κ1) is 19.7. The lowest BCUT2D eigenvalue weighted by Gasteiger charge is -2.17. The summed E-state index contributed by atoms with van der Waals surface area (Å²) in [5.74, 6) is 0. The fraction of sp³-hybridized carbons (Fsp3) is 0.167. The minimum atomic E-state index is -3.33. The number of rotatable bonds is 3. The Bertz CT molecular complexity index is 1230. The molecule has 5 heteroatoms. The van der Waals surface area contributed by atoms with Crippen molar-refractivity contribution in [2.75, 3.05) is 11.0 Å².